The summed E-state index contributed by atoms with van der Waals surface area (Å²) >= 11 is 0. The van der Waals surface area contributed by atoms with Gasteiger partial charge in [-0.15, -0.1) is 0 Å². The van der Waals surface area contributed by atoms with Crippen molar-refractivity contribution in [1.82, 2.24) is 9.88 Å². The van der Waals surface area contributed by atoms with Gasteiger partial charge in [-0.3, -0.25) is 9.78 Å². The Kier molecular flexibility index (Phi) is 5.36. The van der Waals surface area contributed by atoms with E-state index in [0.29, 0.717) is 25.3 Å². The number of hydrogen-bond acceptors (Lipinski definition) is 4. The van der Waals surface area contributed by atoms with Crippen LogP contribution in [0, 0.1) is 5.92 Å². The lowest BCUT2D eigenvalue weighted by Crippen LogP contribution is -2.52. The highest BCUT2D eigenvalue weighted by molar-refractivity contribution is 5.85. The third-order valence-corrected chi connectivity index (χ3v) is 6.33. The first-order chi connectivity index (χ1) is 13.5. The second kappa shape index (κ2) is 7.92. The predicted octanol–water partition coefficient (Wildman–Crippen LogP) is 2.68. The van der Waals surface area contributed by atoms with Crippen molar-refractivity contribution >= 4 is 11.6 Å². The van der Waals surface area contributed by atoms with Gasteiger partial charge in [-0.25, -0.2) is 0 Å². The Balaban J connectivity index is 1.33. The molecule has 0 radical (unpaired) electrons. The Morgan fingerprint density at radius 3 is 2.57 bits per heavy atom. The van der Waals surface area contributed by atoms with E-state index < -0.39 is 5.60 Å². The second-order valence-electron chi connectivity index (χ2n) is 8.30. The maximum absolute atomic E-state index is 13.0. The van der Waals surface area contributed by atoms with Crippen LogP contribution in [0.15, 0.2) is 48.8 Å². The van der Waals surface area contributed by atoms with Crippen molar-refractivity contribution < 1.29 is 9.90 Å². The number of benzene rings is 1. The molecule has 28 heavy (non-hydrogen) atoms. The maximum Gasteiger partial charge on any atom is 0.254 e. The molecule has 5 nitrogen and oxygen atoms in total. The fraction of sp³-hybridized carbons (Fsp3) is 0.478. The predicted molar refractivity (Wildman–Crippen MR) is 110 cm³/mol. The van der Waals surface area contributed by atoms with Gasteiger partial charge in [0.05, 0.1) is 0 Å². The van der Waals surface area contributed by atoms with E-state index in [2.05, 4.69) is 16.0 Å². The molecule has 1 unspecified atom stereocenters. The number of nitrogens with zero attached hydrogens (tertiary/aromatic N) is 3. The molecule has 4 rings (SSSR count). The quantitative estimate of drug-likeness (QED) is 0.887. The van der Waals surface area contributed by atoms with Crippen molar-refractivity contribution in [2.75, 3.05) is 31.6 Å². The van der Waals surface area contributed by atoms with Crippen LogP contribution >= 0.6 is 0 Å². The van der Waals surface area contributed by atoms with Crippen LogP contribution in [0.25, 0.3) is 0 Å². The van der Waals surface area contributed by atoms with E-state index in [1.165, 1.54) is 11.3 Å². The van der Waals surface area contributed by atoms with E-state index in [-0.39, 0.29) is 5.91 Å². The number of aryl methyl sites for hydroxylation is 1. The van der Waals surface area contributed by atoms with Gasteiger partial charge in [0, 0.05) is 51.2 Å². The molecule has 1 atom stereocenters. The first-order valence-electron chi connectivity index (χ1n) is 10.2. The first kappa shape index (κ1) is 18.9. The van der Waals surface area contributed by atoms with E-state index in [4.69, 9.17) is 0 Å². The SMILES string of the molecule is CN(CC1CCN(c2ccncc2)CC1)C(=O)C1(O)CCc2ccccc2C1. The molecule has 1 saturated heterocycles. The third-order valence-electron chi connectivity index (χ3n) is 6.33. The van der Waals surface area contributed by atoms with Gasteiger partial charge in [0.15, 0.2) is 0 Å². The molecule has 1 aromatic heterocycles. The van der Waals surface area contributed by atoms with E-state index in [1.807, 2.05) is 49.8 Å². The summed E-state index contributed by atoms with van der Waals surface area (Å²) in [5, 5.41) is 11.1. The molecular weight excluding hydrogens is 350 g/mol. The highest BCUT2D eigenvalue weighted by Gasteiger charge is 2.41. The zero-order valence-corrected chi connectivity index (χ0v) is 16.6. The molecule has 0 saturated carbocycles. The molecule has 1 fully saturated rings. The minimum Gasteiger partial charge on any atom is -0.380 e. The molecule has 1 N–H and O–H groups in total. The van der Waals surface area contributed by atoms with E-state index in [9.17, 15) is 9.90 Å². The van der Waals surface area contributed by atoms with Crippen LogP contribution in [0.1, 0.15) is 30.4 Å². The Labute approximate surface area is 167 Å². The fourth-order valence-corrected chi connectivity index (χ4v) is 4.66. The molecule has 5 heteroatoms. The number of hydrogen-bond donors (Lipinski definition) is 1. The van der Waals surface area contributed by atoms with Gasteiger partial charge >= 0.3 is 0 Å². The summed E-state index contributed by atoms with van der Waals surface area (Å²) in [6.07, 6.45) is 7.47. The average Bonchev–Trinajstić information content (AvgIpc) is 2.74. The van der Waals surface area contributed by atoms with Gasteiger partial charge < -0.3 is 14.9 Å². The summed E-state index contributed by atoms with van der Waals surface area (Å²) < 4.78 is 0. The van der Waals surface area contributed by atoms with Crippen LogP contribution in [-0.2, 0) is 17.6 Å². The van der Waals surface area contributed by atoms with E-state index in [0.717, 1.165) is 37.9 Å². The van der Waals surface area contributed by atoms with Crippen LogP contribution in [-0.4, -0.2) is 53.2 Å². The lowest BCUT2D eigenvalue weighted by atomic mass is 9.79. The molecule has 1 amide bonds. The van der Waals surface area contributed by atoms with Crippen molar-refractivity contribution in [1.29, 1.82) is 0 Å². The minimum atomic E-state index is -1.26. The molecule has 0 bridgehead atoms. The number of amides is 1. The number of carbonyl (C=O) groups excluding carboxylic acids is 1. The number of aromatic nitrogens is 1. The average molecular weight is 380 g/mol. The number of pyridine rings is 1. The van der Waals surface area contributed by atoms with Crippen molar-refractivity contribution in [2.45, 2.75) is 37.7 Å². The number of anilines is 1. The van der Waals surface area contributed by atoms with Crippen LogP contribution in [0.2, 0.25) is 0 Å². The van der Waals surface area contributed by atoms with Crippen molar-refractivity contribution in [3.8, 4) is 0 Å². The highest BCUT2D eigenvalue weighted by atomic mass is 16.3. The first-order valence-corrected chi connectivity index (χ1v) is 10.2. The zero-order chi connectivity index (χ0) is 19.6. The molecule has 2 heterocycles. The Morgan fingerprint density at radius 1 is 1.18 bits per heavy atom. The minimum absolute atomic E-state index is 0.126. The summed E-state index contributed by atoms with van der Waals surface area (Å²) in [5.41, 5.74) is 2.31. The summed E-state index contributed by atoms with van der Waals surface area (Å²) in [6, 6.07) is 12.2. The number of carbonyl (C=O) groups is 1. The van der Waals surface area contributed by atoms with Gasteiger partial charge in [-0.2, -0.15) is 0 Å². The standard InChI is InChI=1S/C23H29N3O2/c1-25(17-18-9-14-26(15-10-18)21-7-12-24-13-8-21)22(27)23(28)11-6-19-4-2-3-5-20(19)16-23/h2-5,7-8,12-13,18,28H,6,9-11,14-17H2,1H3. The highest BCUT2D eigenvalue weighted by Crippen LogP contribution is 2.31. The van der Waals surface area contributed by atoms with Gasteiger partial charge in [0.25, 0.3) is 5.91 Å². The van der Waals surface area contributed by atoms with Crippen molar-refractivity contribution in [3.05, 3.63) is 59.9 Å². The zero-order valence-electron chi connectivity index (χ0n) is 16.6. The monoisotopic (exact) mass is 379 g/mol. The number of fused-ring (bicyclic) bond motifs is 1. The van der Waals surface area contributed by atoms with Crippen LogP contribution in [0.4, 0.5) is 5.69 Å². The summed E-state index contributed by atoms with van der Waals surface area (Å²) in [6.45, 7) is 2.70. The Morgan fingerprint density at radius 2 is 1.86 bits per heavy atom. The fourth-order valence-electron chi connectivity index (χ4n) is 4.66. The maximum atomic E-state index is 13.0. The van der Waals surface area contributed by atoms with Crippen molar-refractivity contribution in [2.24, 2.45) is 5.92 Å². The molecule has 0 spiro atoms. The number of rotatable bonds is 4. The van der Waals surface area contributed by atoms with Crippen LogP contribution in [0.5, 0.6) is 0 Å². The Hall–Kier alpha value is -2.40. The number of piperidine rings is 1. The third kappa shape index (κ3) is 3.90. The molecule has 2 aliphatic rings. The van der Waals surface area contributed by atoms with Crippen LogP contribution < -0.4 is 4.90 Å². The molecular formula is C23H29N3O2. The number of likely N-dealkylation sites (N-methyl/N-ethyl adjacent to an activating group) is 1. The van der Waals surface area contributed by atoms with E-state index >= 15 is 0 Å². The van der Waals surface area contributed by atoms with Gasteiger partial charge in [0.1, 0.15) is 5.60 Å². The summed E-state index contributed by atoms with van der Waals surface area (Å²) in [7, 11) is 1.84. The molecule has 1 aliphatic heterocycles. The van der Waals surface area contributed by atoms with Crippen LogP contribution in [0.3, 0.4) is 0 Å². The lowest BCUT2D eigenvalue weighted by Gasteiger charge is -2.38. The van der Waals surface area contributed by atoms with Crippen molar-refractivity contribution in [3.63, 3.8) is 0 Å². The summed E-state index contributed by atoms with van der Waals surface area (Å²) in [4.78, 5) is 21.3. The summed E-state index contributed by atoms with van der Waals surface area (Å²) in [5.74, 6) is 0.352. The largest absolute Gasteiger partial charge is 0.380 e. The Bertz CT molecular complexity index is 818. The molecule has 1 aromatic carbocycles. The second-order valence-corrected chi connectivity index (χ2v) is 8.30. The topological polar surface area (TPSA) is 56.7 Å². The molecule has 1 aliphatic carbocycles. The molecule has 2 aromatic rings. The van der Waals surface area contributed by atoms with Gasteiger partial charge in [-0.1, -0.05) is 24.3 Å². The van der Waals surface area contributed by atoms with Gasteiger partial charge in [0.2, 0.25) is 0 Å². The number of aliphatic hydroxyl groups is 1. The lowest BCUT2D eigenvalue weighted by molar-refractivity contribution is -0.151. The molecule has 148 valence electrons. The van der Waals surface area contributed by atoms with E-state index in [1.54, 1.807) is 4.90 Å². The normalized spacial score (nSPS) is 22.6. The smallest absolute Gasteiger partial charge is 0.254 e. The van der Waals surface area contributed by atoms with Gasteiger partial charge in [-0.05, 0) is 54.9 Å².